The summed E-state index contributed by atoms with van der Waals surface area (Å²) in [5.41, 5.74) is 2.32. The molecule has 0 radical (unpaired) electrons. The Morgan fingerprint density at radius 3 is 2.69 bits per heavy atom. The van der Waals surface area contributed by atoms with E-state index in [0.717, 1.165) is 48.7 Å². The van der Waals surface area contributed by atoms with Gasteiger partial charge in [-0.2, -0.15) is 0 Å². The number of halogens is 1. The van der Waals surface area contributed by atoms with Gasteiger partial charge in [-0.1, -0.05) is 24.6 Å². The van der Waals surface area contributed by atoms with Crippen molar-refractivity contribution in [3.05, 3.63) is 71.6 Å². The van der Waals surface area contributed by atoms with Crippen LogP contribution >= 0.6 is 0 Å². The van der Waals surface area contributed by atoms with Crippen molar-refractivity contribution < 1.29 is 9.18 Å². The molecule has 0 saturated heterocycles. The van der Waals surface area contributed by atoms with E-state index in [4.69, 9.17) is 0 Å². The zero-order valence-corrected chi connectivity index (χ0v) is 16.4. The molecule has 0 aliphatic carbocycles. The third-order valence-corrected chi connectivity index (χ3v) is 5.23. The van der Waals surface area contributed by atoms with Gasteiger partial charge in [-0.05, 0) is 55.7 Å². The topological polar surface area (TPSA) is 63.1 Å². The van der Waals surface area contributed by atoms with Crippen LogP contribution in [-0.4, -0.2) is 20.8 Å². The molecule has 1 aliphatic heterocycles. The minimum Gasteiger partial charge on any atom is -0.313 e. The Morgan fingerprint density at radius 1 is 1.10 bits per heavy atom. The van der Waals surface area contributed by atoms with Crippen LogP contribution in [0.1, 0.15) is 36.5 Å². The first-order valence-electron chi connectivity index (χ1n) is 9.92. The first-order valence-corrected chi connectivity index (χ1v) is 9.92. The molecule has 29 heavy (non-hydrogen) atoms. The standard InChI is InChI=1S/C22H24FN5O/c1-16-7-4-5-8-19(16)28(22(29)24-18-12-10-17(23)11-13-18)15-21-26-25-20-9-3-2-6-14-27(20)21/h4-5,7-8,10-13H,2-3,6,9,14-15H2,1H3,(H,24,29). The third kappa shape index (κ3) is 4.29. The highest BCUT2D eigenvalue weighted by Crippen LogP contribution is 2.24. The van der Waals surface area contributed by atoms with E-state index in [1.165, 1.54) is 18.6 Å². The SMILES string of the molecule is Cc1ccccc1N(Cc1nnc2n1CCCCC2)C(=O)Nc1ccc(F)cc1. The van der Waals surface area contributed by atoms with Gasteiger partial charge in [-0.3, -0.25) is 4.90 Å². The summed E-state index contributed by atoms with van der Waals surface area (Å²) in [6.07, 6.45) is 4.30. The molecule has 4 rings (SSSR count). The molecular weight excluding hydrogens is 369 g/mol. The van der Waals surface area contributed by atoms with Crippen molar-refractivity contribution in [1.82, 2.24) is 14.8 Å². The number of anilines is 2. The predicted octanol–water partition coefficient (Wildman–Crippen LogP) is 4.69. The zero-order chi connectivity index (χ0) is 20.2. The van der Waals surface area contributed by atoms with Gasteiger partial charge in [-0.15, -0.1) is 10.2 Å². The summed E-state index contributed by atoms with van der Waals surface area (Å²) in [5, 5.41) is 11.6. The Labute approximate surface area is 169 Å². The lowest BCUT2D eigenvalue weighted by molar-refractivity contribution is 0.256. The van der Waals surface area contributed by atoms with Crippen LogP contribution in [0.3, 0.4) is 0 Å². The summed E-state index contributed by atoms with van der Waals surface area (Å²) >= 11 is 0. The number of nitrogens with zero attached hydrogens (tertiary/aromatic N) is 4. The Kier molecular flexibility index (Phi) is 5.55. The lowest BCUT2D eigenvalue weighted by Crippen LogP contribution is -2.36. The second-order valence-corrected chi connectivity index (χ2v) is 7.30. The molecule has 6 nitrogen and oxygen atoms in total. The Morgan fingerprint density at radius 2 is 1.90 bits per heavy atom. The van der Waals surface area contributed by atoms with Gasteiger partial charge in [0.15, 0.2) is 5.82 Å². The van der Waals surface area contributed by atoms with E-state index in [2.05, 4.69) is 20.1 Å². The highest BCUT2D eigenvalue weighted by atomic mass is 19.1. The lowest BCUT2D eigenvalue weighted by Gasteiger charge is -2.25. The molecule has 2 aromatic carbocycles. The minimum atomic E-state index is -0.343. The molecule has 150 valence electrons. The fourth-order valence-corrected chi connectivity index (χ4v) is 3.66. The predicted molar refractivity (Wildman–Crippen MR) is 110 cm³/mol. The van der Waals surface area contributed by atoms with Crippen LogP contribution in [0.2, 0.25) is 0 Å². The van der Waals surface area contributed by atoms with Gasteiger partial charge in [0.05, 0.1) is 6.54 Å². The van der Waals surface area contributed by atoms with Crippen LogP contribution in [0.25, 0.3) is 0 Å². The molecule has 0 fully saturated rings. The van der Waals surface area contributed by atoms with E-state index in [1.54, 1.807) is 17.0 Å². The molecule has 1 aromatic heterocycles. The van der Waals surface area contributed by atoms with E-state index in [0.29, 0.717) is 12.2 Å². The number of para-hydroxylation sites is 1. The number of nitrogens with one attached hydrogen (secondary N) is 1. The van der Waals surface area contributed by atoms with Crippen molar-refractivity contribution in [2.24, 2.45) is 0 Å². The average molecular weight is 393 g/mol. The number of fused-ring (bicyclic) bond motifs is 1. The highest BCUT2D eigenvalue weighted by molar-refractivity contribution is 6.02. The second-order valence-electron chi connectivity index (χ2n) is 7.30. The van der Waals surface area contributed by atoms with Crippen molar-refractivity contribution in [3.63, 3.8) is 0 Å². The first kappa shape index (κ1) is 19.1. The second kappa shape index (κ2) is 8.43. The fraction of sp³-hybridized carbons (Fsp3) is 0.318. The number of aryl methyl sites for hydroxylation is 2. The maximum Gasteiger partial charge on any atom is 0.326 e. The highest BCUT2D eigenvalue weighted by Gasteiger charge is 2.23. The van der Waals surface area contributed by atoms with Gasteiger partial charge in [0.25, 0.3) is 0 Å². The summed E-state index contributed by atoms with van der Waals surface area (Å²) in [6, 6.07) is 13.2. The molecule has 2 amide bonds. The fourth-order valence-electron chi connectivity index (χ4n) is 3.66. The van der Waals surface area contributed by atoms with Crippen LogP contribution < -0.4 is 10.2 Å². The van der Waals surface area contributed by atoms with E-state index < -0.39 is 0 Å². The number of hydrogen-bond donors (Lipinski definition) is 1. The Hall–Kier alpha value is -3.22. The van der Waals surface area contributed by atoms with Crippen molar-refractivity contribution in [3.8, 4) is 0 Å². The number of rotatable bonds is 4. The average Bonchev–Trinajstić information content (AvgIpc) is 2.94. The largest absolute Gasteiger partial charge is 0.326 e. The quantitative estimate of drug-likeness (QED) is 0.699. The van der Waals surface area contributed by atoms with Gasteiger partial charge in [0, 0.05) is 24.3 Å². The van der Waals surface area contributed by atoms with Gasteiger partial charge in [0.1, 0.15) is 11.6 Å². The van der Waals surface area contributed by atoms with Crippen LogP contribution in [0, 0.1) is 12.7 Å². The smallest absolute Gasteiger partial charge is 0.313 e. The minimum absolute atomic E-state index is 0.295. The summed E-state index contributed by atoms with van der Waals surface area (Å²) < 4.78 is 15.3. The maximum absolute atomic E-state index is 13.2. The molecule has 0 unspecified atom stereocenters. The van der Waals surface area contributed by atoms with Crippen LogP contribution in [-0.2, 0) is 19.5 Å². The molecule has 1 aliphatic rings. The Bertz CT molecular complexity index is 999. The molecule has 0 atom stereocenters. The number of benzene rings is 2. The summed E-state index contributed by atoms with van der Waals surface area (Å²) in [5.74, 6) is 1.42. The number of carbonyl (C=O) groups is 1. The van der Waals surface area contributed by atoms with E-state index in [9.17, 15) is 9.18 Å². The van der Waals surface area contributed by atoms with Gasteiger partial charge < -0.3 is 9.88 Å². The molecule has 2 heterocycles. The molecule has 1 N–H and O–H groups in total. The number of hydrogen-bond acceptors (Lipinski definition) is 3. The third-order valence-electron chi connectivity index (χ3n) is 5.23. The number of amides is 2. The number of urea groups is 1. The molecule has 0 saturated carbocycles. The number of carbonyl (C=O) groups excluding carboxylic acids is 1. The van der Waals surface area contributed by atoms with Gasteiger partial charge >= 0.3 is 6.03 Å². The summed E-state index contributed by atoms with van der Waals surface area (Å²) in [7, 11) is 0. The van der Waals surface area contributed by atoms with E-state index >= 15 is 0 Å². The summed E-state index contributed by atoms with van der Waals surface area (Å²) in [6.45, 7) is 3.15. The number of aromatic nitrogens is 3. The van der Waals surface area contributed by atoms with Gasteiger partial charge in [-0.25, -0.2) is 9.18 Å². The Balaban J connectivity index is 1.64. The van der Waals surface area contributed by atoms with Crippen LogP contribution in [0.15, 0.2) is 48.5 Å². The molecular formula is C22H24FN5O. The van der Waals surface area contributed by atoms with Gasteiger partial charge in [0.2, 0.25) is 0 Å². The normalized spacial score (nSPS) is 13.4. The maximum atomic E-state index is 13.2. The van der Waals surface area contributed by atoms with E-state index in [-0.39, 0.29) is 11.8 Å². The first-order chi connectivity index (χ1) is 14.1. The lowest BCUT2D eigenvalue weighted by atomic mass is 10.2. The molecule has 0 spiro atoms. The monoisotopic (exact) mass is 393 g/mol. The van der Waals surface area contributed by atoms with Crippen molar-refractivity contribution in [1.29, 1.82) is 0 Å². The molecule has 0 bridgehead atoms. The van der Waals surface area contributed by atoms with Crippen molar-refractivity contribution in [2.45, 2.75) is 45.7 Å². The summed E-state index contributed by atoms with van der Waals surface area (Å²) in [4.78, 5) is 14.8. The van der Waals surface area contributed by atoms with E-state index in [1.807, 2.05) is 31.2 Å². The molecule has 7 heteroatoms. The van der Waals surface area contributed by atoms with Crippen LogP contribution in [0.4, 0.5) is 20.6 Å². The van der Waals surface area contributed by atoms with Crippen LogP contribution in [0.5, 0.6) is 0 Å². The molecule has 3 aromatic rings. The zero-order valence-electron chi connectivity index (χ0n) is 16.4. The van der Waals surface area contributed by atoms with Crippen molar-refractivity contribution in [2.75, 3.05) is 10.2 Å². The van der Waals surface area contributed by atoms with Crippen molar-refractivity contribution >= 4 is 17.4 Å².